The maximum absolute atomic E-state index is 12.0. The molecule has 0 spiro atoms. The van der Waals surface area contributed by atoms with Gasteiger partial charge in [0.1, 0.15) is 5.75 Å². The lowest BCUT2D eigenvalue weighted by Crippen LogP contribution is -2.35. The maximum atomic E-state index is 12.0. The zero-order chi connectivity index (χ0) is 17.8. The first kappa shape index (κ1) is 17.3. The van der Waals surface area contributed by atoms with E-state index in [9.17, 15) is 9.59 Å². The molecule has 1 aliphatic carbocycles. The van der Waals surface area contributed by atoms with Crippen LogP contribution >= 0.6 is 0 Å². The van der Waals surface area contributed by atoms with Gasteiger partial charge in [0.15, 0.2) is 0 Å². The van der Waals surface area contributed by atoms with E-state index in [0.717, 1.165) is 34.9 Å². The van der Waals surface area contributed by atoms with E-state index in [1.807, 2.05) is 24.3 Å². The standard InChI is InChI=1S/C20H24N2O3/c1-13(23)21-11-16(12-22-20(24)15-6-7-15)18-5-3-4-14-8-9-17(25-2)10-19(14)18/h3-5,8-10,15-16H,6-7,11-12H2,1-2H3,(H,21,23)(H,22,24). The molecule has 1 aliphatic rings. The Morgan fingerprint density at radius 1 is 1.16 bits per heavy atom. The number of fused-ring (bicyclic) bond motifs is 1. The molecule has 0 aromatic heterocycles. The molecule has 25 heavy (non-hydrogen) atoms. The lowest BCUT2D eigenvalue weighted by atomic mass is 9.93. The van der Waals surface area contributed by atoms with Crippen molar-refractivity contribution in [2.24, 2.45) is 5.92 Å². The minimum atomic E-state index is -0.0728. The van der Waals surface area contributed by atoms with Crippen LogP contribution in [0.5, 0.6) is 5.75 Å². The van der Waals surface area contributed by atoms with E-state index in [4.69, 9.17) is 4.74 Å². The second-order valence-corrected chi connectivity index (χ2v) is 6.59. The van der Waals surface area contributed by atoms with E-state index >= 15 is 0 Å². The number of rotatable bonds is 7. The van der Waals surface area contributed by atoms with Gasteiger partial charge in [-0.05, 0) is 41.3 Å². The number of benzene rings is 2. The molecule has 2 aromatic carbocycles. The highest BCUT2D eigenvalue weighted by Crippen LogP contribution is 2.30. The van der Waals surface area contributed by atoms with Gasteiger partial charge in [0.2, 0.25) is 11.8 Å². The topological polar surface area (TPSA) is 67.4 Å². The molecule has 1 fully saturated rings. The molecule has 132 valence electrons. The molecule has 3 rings (SSSR count). The molecule has 1 atom stereocenters. The zero-order valence-corrected chi connectivity index (χ0v) is 14.7. The van der Waals surface area contributed by atoms with Gasteiger partial charge < -0.3 is 15.4 Å². The molecule has 5 heteroatoms. The summed E-state index contributed by atoms with van der Waals surface area (Å²) in [6, 6.07) is 12.1. The summed E-state index contributed by atoms with van der Waals surface area (Å²) in [6.07, 6.45) is 1.96. The molecule has 5 nitrogen and oxygen atoms in total. The smallest absolute Gasteiger partial charge is 0.223 e. The van der Waals surface area contributed by atoms with Crippen LogP contribution in [0.1, 0.15) is 31.2 Å². The Kier molecular flexibility index (Phi) is 5.22. The lowest BCUT2D eigenvalue weighted by Gasteiger charge is -2.20. The van der Waals surface area contributed by atoms with Gasteiger partial charge in [-0.15, -0.1) is 0 Å². The normalized spacial score (nSPS) is 14.8. The predicted octanol–water partition coefficient (Wildman–Crippen LogP) is 2.59. The van der Waals surface area contributed by atoms with Gasteiger partial charge in [-0.2, -0.15) is 0 Å². The predicted molar refractivity (Wildman–Crippen MR) is 97.7 cm³/mol. The van der Waals surface area contributed by atoms with Crippen LogP contribution < -0.4 is 15.4 Å². The Balaban J connectivity index is 1.88. The number of amides is 2. The Labute approximate surface area is 147 Å². The molecule has 2 N–H and O–H groups in total. The van der Waals surface area contributed by atoms with Crippen molar-refractivity contribution in [1.82, 2.24) is 10.6 Å². The average Bonchev–Trinajstić information content (AvgIpc) is 3.45. The van der Waals surface area contributed by atoms with Gasteiger partial charge >= 0.3 is 0 Å². The molecule has 0 bridgehead atoms. The molecule has 2 amide bonds. The molecule has 0 aliphatic heterocycles. The quantitative estimate of drug-likeness (QED) is 0.814. The van der Waals surface area contributed by atoms with Crippen LogP contribution in [-0.4, -0.2) is 32.0 Å². The van der Waals surface area contributed by atoms with Crippen molar-refractivity contribution >= 4 is 22.6 Å². The molecular weight excluding hydrogens is 316 g/mol. The zero-order valence-electron chi connectivity index (χ0n) is 14.7. The number of carbonyl (C=O) groups is 2. The summed E-state index contributed by atoms with van der Waals surface area (Å²) < 4.78 is 5.35. The Bertz CT molecular complexity index is 784. The highest BCUT2D eigenvalue weighted by molar-refractivity contribution is 5.88. The van der Waals surface area contributed by atoms with Crippen molar-refractivity contribution in [2.75, 3.05) is 20.2 Å². The summed E-state index contributed by atoms with van der Waals surface area (Å²) >= 11 is 0. The fraction of sp³-hybridized carbons (Fsp3) is 0.400. The first-order valence-corrected chi connectivity index (χ1v) is 8.67. The molecule has 0 radical (unpaired) electrons. The van der Waals surface area contributed by atoms with Crippen LogP contribution in [0.25, 0.3) is 10.8 Å². The molecule has 0 heterocycles. The van der Waals surface area contributed by atoms with Crippen molar-refractivity contribution in [3.05, 3.63) is 42.0 Å². The van der Waals surface area contributed by atoms with Crippen LogP contribution in [0.15, 0.2) is 36.4 Å². The summed E-state index contributed by atoms with van der Waals surface area (Å²) in [7, 11) is 1.65. The second-order valence-electron chi connectivity index (χ2n) is 6.59. The monoisotopic (exact) mass is 340 g/mol. The first-order valence-electron chi connectivity index (χ1n) is 8.67. The largest absolute Gasteiger partial charge is 0.497 e. The third-order valence-corrected chi connectivity index (χ3v) is 4.63. The second kappa shape index (κ2) is 7.55. The number of nitrogens with one attached hydrogen (secondary N) is 2. The third-order valence-electron chi connectivity index (χ3n) is 4.63. The van der Waals surface area contributed by atoms with E-state index < -0.39 is 0 Å². The van der Waals surface area contributed by atoms with E-state index in [2.05, 4.69) is 22.8 Å². The fourth-order valence-electron chi connectivity index (χ4n) is 3.03. The Morgan fingerprint density at radius 2 is 1.92 bits per heavy atom. The van der Waals surface area contributed by atoms with E-state index in [1.54, 1.807) is 7.11 Å². The van der Waals surface area contributed by atoms with Crippen LogP contribution in [-0.2, 0) is 9.59 Å². The lowest BCUT2D eigenvalue weighted by molar-refractivity contribution is -0.122. The SMILES string of the molecule is COc1ccc2cccc(C(CNC(C)=O)CNC(=O)C3CC3)c2c1. The Hall–Kier alpha value is -2.56. The van der Waals surface area contributed by atoms with Gasteiger partial charge in [0, 0.05) is 31.8 Å². The van der Waals surface area contributed by atoms with Crippen LogP contribution in [0.4, 0.5) is 0 Å². The summed E-state index contributed by atoms with van der Waals surface area (Å²) in [5, 5.41) is 8.12. The minimum absolute atomic E-state index is 0.00223. The van der Waals surface area contributed by atoms with Crippen molar-refractivity contribution in [2.45, 2.75) is 25.7 Å². The Morgan fingerprint density at radius 3 is 2.60 bits per heavy atom. The number of hydrogen-bond acceptors (Lipinski definition) is 3. The first-order chi connectivity index (χ1) is 12.1. The number of hydrogen-bond donors (Lipinski definition) is 2. The minimum Gasteiger partial charge on any atom is -0.497 e. The van der Waals surface area contributed by atoms with E-state index in [-0.39, 0.29) is 23.7 Å². The molecular formula is C20H24N2O3. The molecule has 1 saturated carbocycles. The fourth-order valence-corrected chi connectivity index (χ4v) is 3.03. The van der Waals surface area contributed by atoms with E-state index in [1.165, 1.54) is 6.92 Å². The third kappa shape index (κ3) is 4.29. The summed E-state index contributed by atoms with van der Waals surface area (Å²) in [5.41, 5.74) is 1.10. The average molecular weight is 340 g/mol. The highest BCUT2D eigenvalue weighted by atomic mass is 16.5. The molecule has 0 saturated heterocycles. The van der Waals surface area contributed by atoms with Gasteiger partial charge in [0.25, 0.3) is 0 Å². The molecule has 2 aromatic rings. The summed E-state index contributed by atoms with van der Waals surface area (Å²) in [6.45, 7) is 2.49. The van der Waals surface area contributed by atoms with Gasteiger partial charge in [0.05, 0.1) is 7.11 Å². The number of carbonyl (C=O) groups excluding carboxylic acids is 2. The van der Waals surface area contributed by atoms with Crippen molar-refractivity contribution in [3.63, 3.8) is 0 Å². The van der Waals surface area contributed by atoms with E-state index in [0.29, 0.717) is 13.1 Å². The van der Waals surface area contributed by atoms with Crippen LogP contribution in [0, 0.1) is 5.92 Å². The number of ether oxygens (including phenoxy) is 1. The van der Waals surface area contributed by atoms with Crippen molar-refractivity contribution < 1.29 is 14.3 Å². The summed E-state index contributed by atoms with van der Waals surface area (Å²) in [4.78, 5) is 23.4. The van der Waals surface area contributed by atoms with Gasteiger partial charge in [-0.1, -0.05) is 24.3 Å². The number of methoxy groups -OCH3 is 1. The van der Waals surface area contributed by atoms with Gasteiger partial charge in [-0.25, -0.2) is 0 Å². The molecule has 1 unspecified atom stereocenters. The van der Waals surface area contributed by atoms with Crippen LogP contribution in [0.3, 0.4) is 0 Å². The highest BCUT2D eigenvalue weighted by Gasteiger charge is 2.30. The maximum Gasteiger partial charge on any atom is 0.223 e. The van der Waals surface area contributed by atoms with Crippen LogP contribution in [0.2, 0.25) is 0 Å². The van der Waals surface area contributed by atoms with Crippen molar-refractivity contribution in [3.8, 4) is 5.75 Å². The van der Waals surface area contributed by atoms with Gasteiger partial charge in [-0.3, -0.25) is 9.59 Å². The summed E-state index contributed by atoms with van der Waals surface area (Å²) in [5.74, 6) is 1.01. The van der Waals surface area contributed by atoms with Crippen molar-refractivity contribution in [1.29, 1.82) is 0 Å².